The van der Waals surface area contributed by atoms with E-state index in [0.29, 0.717) is 19.0 Å². The highest BCUT2D eigenvalue weighted by molar-refractivity contribution is 5.51. The molecule has 0 saturated heterocycles. The van der Waals surface area contributed by atoms with Crippen molar-refractivity contribution in [2.45, 2.75) is 13.0 Å². The van der Waals surface area contributed by atoms with E-state index in [1.807, 2.05) is 49.4 Å². The number of nitrogens with zero attached hydrogens (tertiary/aromatic N) is 1. The number of nitriles is 1. The molecule has 1 heterocycles. The van der Waals surface area contributed by atoms with E-state index in [1.165, 1.54) is 5.56 Å². The second-order valence-electron chi connectivity index (χ2n) is 4.98. The summed E-state index contributed by atoms with van der Waals surface area (Å²) in [4.78, 5) is 0. The van der Waals surface area contributed by atoms with Gasteiger partial charge in [0.25, 0.3) is 0 Å². The Kier molecular flexibility index (Phi) is 3.65. The number of fused-ring (bicyclic) bond motifs is 1. The molecule has 1 atom stereocenters. The van der Waals surface area contributed by atoms with Crippen LogP contribution in [0.15, 0.2) is 42.5 Å². The van der Waals surface area contributed by atoms with Crippen LogP contribution in [0.2, 0.25) is 0 Å². The fourth-order valence-electron chi connectivity index (χ4n) is 2.25. The van der Waals surface area contributed by atoms with Crippen LogP contribution in [0.5, 0.6) is 11.5 Å². The van der Waals surface area contributed by atoms with E-state index in [1.54, 1.807) is 0 Å². The maximum Gasteiger partial charge on any atom is 0.161 e. The van der Waals surface area contributed by atoms with Crippen molar-refractivity contribution in [3.05, 3.63) is 53.6 Å². The van der Waals surface area contributed by atoms with Gasteiger partial charge in [-0.3, -0.25) is 0 Å². The van der Waals surface area contributed by atoms with E-state index >= 15 is 0 Å². The van der Waals surface area contributed by atoms with Crippen LogP contribution in [0.4, 0.5) is 5.69 Å². The van der Waals surface area contributed by atoms with E-state index in [4.69, 9.17) is 9.47 Å². The molecule has 21 heavy (non-hydrogen) atoms. The molecule has 1 aliphatic heterocycles. The summed E-state index contributed by atoms with van der Waals surface area (Å²) in [7, 11) is 0. The van der Waals surface area contributed by atoms with Crippen LogP contribution in [0.25, 0.3) is 0 Å². The van der Waals surface area contributed by atoms with Gasteiger partial charge in [-0.2, -0.15) is 5.26 Å². The largest absolute Gasteiger partial charge is 0.486 e. The first-order chi connectivity index (χ1) is 10.3. The van der Waals surface area contributed by atoms with E-state index in [0.717, 1.165) is 17.0 Å². The van der Waals surface area contributed by atoms with Crippen molar-refractivity contribution < 1.29 is 9.47 Å². The zero-order chi connectivity index (χ0) is 14.7. The van der Waals surface area contributed by atoms with Crippen LogP contribution in [-0.4, -0.2) is 13.2 Å². The minimum atomic E-state index is -0.427. The second kappa shape index (κ2) is 5.76. The van der Waals surface area contributed by atoms with Crippen LogP contribution in [0.1, 0.15) is 17.2 Å². The van der Waals surface area contributed by atoms with Gasteiger partial charge in [-0.1, -0.05) is 23.8 Å². The number of aryl methyl sites for hydroxylation is 1. The van der Waals surface area contributed by atoms with E-state index < -0.39 is 6.04 Å². The topological polar surface area (TPSA) is 54.3 Å². The fraction of sp³-hybridized carbons (Fsp3) is 0.235. The lowest BCUT2D eigenvalue weighted by Crippen LogP contribution is -2.16. The SMILES string of the molecule is Cc1ccc(NC(C#N)c2ccc3c(c2)OCCO3)cc1. The molecule has 0 radical (unpaired) electrons. The Balaban J connectivity index is 1.83. The van der Waals surface area contributed by atoms with Gasteiger partial charge in [-0.25, -0.2) is 0 Å². The molecule has 0 saturated carbocycles. The van der Waals surface area contributed by atoms with E-state index in [-0.39, 0.29) is 0 Å². The van der Waals surface area contributed by atoms with Crippen molar-refractivity contribution in [1.29, 1.82) is 5.26 Å². The highest BCUT2D eigenvalue weighted by atomic mass is 16.6. The first-order valence-corrected chi connectivity index (χ1v) is 6.88. The quantitative estimate of drug-likeness (QED) is 0.935. The smallest absolute Gasteiger partial charge is 0.161 e. The van der Waals surface area contributed by atoms with Gasteiger partial charge in [0.05, 0.1) is 6.07 Å². The number of anilines is 1. The molecule has 106 valence electrons. The molecule has 0 fully saturated rings. The number of hydrogen-bond acceptors (Lipinski definition) is 4. The number of nitrogens with one attached hydrogen (secondary N) is 1. The molecule has 3 rings (SSSR count). The van der Waals surface area contributed by atoms with Gasteiger partial charge in [-0.15, -0.1) is 0 Å². The van der Waals surface area contributed by atoms with Gasteiger partial charge < -0.3 is 14.8 Å². The lowest BCUT2D eigenvalue weighted by molar-refractivity contribution is 0.171. The third-order valence-corrected chi connectivity index (χ3v) is 3.39. The van der Waals surface area contributed by atoms with Crippen LogP contribution in [0.3, 0.4) is 0 Å². The zero-order valence-corrected chi connectivity index (χ0v) is 11.8. The molecular weight excluding hydrogens is 264 g/mol. The van der Waals surface area contributed by atoms with E-state index in [9.17, 15) is 5.26 Å². The Morgan fingerprint density at radius 3 is 2.48 bits per heavy atom. The lowest BCUT2D eigenvalue weighted by Gasteiger charge is -2.20. The summed E-state index contributed by atoms with van der Waals surface area (Å²) in [6.07, 6.45) is 0. The summed E-state index contributed by atoms with van der Waals surface area (Å²) < 4.78 is 11.1. The first kappa shape index (κ1) is 13.3. The van der Waals surface area contributed by atoms with Gasteiger partial charge in [-0.05, 0) is 36.8 Å². The minimum Gasteiger partial charge on any atom is -0.486 e. The van der Waals surface area contributed by atoms with Crippen LogP contribution in [0, 0.1) is 18.3 Å². The highest BCUT2D eigenvalue weighted by Gasteiger charge is 2.16. The van der Waals surface area contributed by atoms with Gasteiger partial charge in [0, 0.05) is 5.69 Å². The second-order valence-corrected chi connectivity index (χ2v) is 4.98. The summed E-state index contributed by atoms with van der Waals surface area (Å²) in [5.74, 6) is 1.43. The number of ether oxygens (including phenoxy) is 2. The van der Waals surface area contributed by atoms with Crippen molar-refractivity contribution >= 4 is 5.69 Å². The Hall–Kier alpha value is -2.67. The Morgan fingerprint density at radius 2 is 1.76 bits per heavy atom. The molecule has 0 bridgehead atoms. The normalized spacial score (nSPS) is 14.1. The minimum absolute atomic E-state index is 0.427. The van der Waals surface area contributed by atoms with Crippen molar-refractivity contribution in [2.24, 2.45) is 0 Å². The first-order valence-electron chi connectivity index (χ1n) is 6.88. The van der Waals surface area contributed by atoms with Crippen LogP contribution in [-0.2, 0) is 0 Å². The molecule has 1 aliphatic rings. The fourth-order valence-corrected chi connectivity index (χ4v) is 2.25. The third-order valence-electron chi connectivity index (χ3n) is 3.39. The molecule has 0 aromatic heterocycles. The molecule has 0 amide bonds. The summed E-state index contributed by atoms with van der Waals surface area (Å²) >= 11 is 0. The molecule has 2 aromatic rings. The Bertz CT molecular complexity index is 674. The van der Waals surface area contributed by atoms with Crippen molar-refractivity contribution in [1.82, 2.24) is 0 Å². The van der Waals surface area contributed by atoms with E-state index in [2.05, 4.69) is 11.4 Å². The van der Waals surface area contributed by atoms with Crippen LogP contribution < -0.4 is 14.8 Å². The Labute approximate surface area is 123 Å². The Morgan fingerprint density at radius 1 is 1.05 bits per heavy atom. The lowest BCUT2D eigenvalue weighted by atomic mass is 10.1. The van der Waals surface area contributed by atoms with Crippen molar-refractivity contribution in [3.63, 3.8) is 0 Å². The van der Waals surface area contributed by atoms with Gasteiger partial charge >= 0.3 is 0 Å². The number of hydrogen-bond donors (Lipinski definition) is 1. The molecule has 2 aromatic carbocycles. The molecule has 1 unspecified atom stereocenters. The van der Waals surface area contributed by atoms with Crippen molar-refractivity contribution in [3.8, 4) is 17.6 Å². The maximum atomic E-state index is 9.41. The van der Waals surface area contributed by atoms with Crippen molar-refractivity contribution in [2.75, 3.05) is 18.5 Å². The third kappa shape index (κ3) is 2.92. The predicted molar refractivity (Wildman–Crippen MR) is 80.6 cm³/mol. The highest BCUT2D eigenvalue weighted by Crippen LogP contribution is 2.33. The van der Waals surface area contributed by atoms with Gasteiger partial charge in [0.15, 0.2) is 11.5 Å². The summed E-state index contributed by atoms with van der Waals surface area (Å²) in [6.45, 7) is 3.14. The number of rotatable bonds is 3. The molecule has 0 aliphatic carbocycles. The van der Waals surface area contributed by atoms with Gasteiger partial charge in [0.2, 0.25) is 0 Å². The average molecular weight is 280 g/mol. The van der Waals surface area contributed by atoms with Crippen LogP contribution >= 0.6 is 0 Å². The molecular formula is C17H16N2O2. The molecule has 4 nitrogen and oxygen atoms in total. The summed E-state index contributed by atoms with van der Waals surface area (Å²) in [6, 6.07) is 15.4. The molecule has 0 spiro atoms. The van der Waals surface area contributed by atoms with Gasteiger partial charge in [0.1, 0.15) is 19.3 Å². The molecule has 4 heteroatoms. The summed E-state index contributed by atoms with van der Waals surface area (Å²) in [5.41, 5.74) is 2.97. The average Bonchev–Trinajstić information content (AvgIpc) is 2.54. The zero-order valence-electron chi connectivity index (χ0n) is 11.8. The maximum absolute atomic E-state index is 9.41. The number of benzene rings is 2. The predicted octanol–water partition coefficient (Wildman–Crippen LogP) is 3.44. The monoisotopic (exact) mass is 280 g/mol. The summed E-state index contributed by atoms with van der Waals surface area (Å²) in [5, 5.41) is 12.6. The molecule has 1 N–H and O–H groups in total. The standard InChI is InChI=1S/C17H16N2O2/c1-12-2-5-14(6-3-12)19-15(11-18)13-4-7-16-17(10-13)21-9-8-20-16/h2-7,10,15,19H,8-9H2,1H3.